The number of aryl methyl sites for hydroxylation is 2. The lowest BCUT2D eigenvalue weighted by atomic mass is 10.0. The van der Waals surface area contributed by atoms with Gasteiger partial charge in [0.15, 0.2) is 5.82 Å². The molecule has 3 heteroatoms. The smallest absolute Gasteiger partial charge is 0.175 e. The van der Waals surface area contributed by atoms with E-state index in [0.29, 0.717) is 5.82 Å². The molecule has 2 N–H and O–H groups in total. The first-order valence-corrected chi connectivity index (χ1v) is 4.47. The van der Waals surface area contributed by atoms with Crippen LogP contribution in [0.2, 0.25) is 0 Å². The lowest BCUT2D eigenvalue weighted by Gasteiger charge is -1.99. The summed E-state index contributed by atoms with van der Waals surface area (Å²) in [5, 5.41) is 3.72. The van der Waals surface area contributed by atoms with E-state index >= 15 is 0 Å². The van der Waals surface area contributed by atoms with E-state index in [9.17, 15) is 0 Å². The lowest BCUT2D eigenvalue weighted by molar-refractivity contribution is 0.401. The first-order valence-electron chi connectivity index (χ1n) is 4.47. The Morgan fingerprint density at radius 3 is 2.29 bits per heavy atom. The third kappa shape index (κ3) is 1.37. The summed E-state index contributed by atoms with van der Waals surface area (Å²) in [6.07, 6.45) is 0. The predicted molar refractivity (Wildman–Crippen MR) is 55.8 cm³/mol. The molecule has 14 heavy (non-hydrogen) atoms. The van der Waals surface area contributed by atoms with Crippen molar-refractivity contribution in [2.45, 2.75) is 13.8 Å². The molecule has 0 aliphatic rings. The summed E-state index contributed by atoms with van der Waals surface area (Å²) in [5.74, 6) is 1.21. The van der Waals surface area contributed by atoms with Crippen LogP contribution < -0.4 is 5.73 Å². The van der Waals surface area contributed by atoms with E-state index in [1.807, 2.05) is 38.1 Å². The molecule has 0 unspecified atom stereocenters. The Labute approximate surface area is 82.5 Å². The summed E-state index contributed by atoms with van der Waals surface area (Å²) in [7, 11) is 0. The normalized spacial score (nSPS) is 10.4. The molecule has 1 aromatic carbocycles. The summed E-state index contributed by atoms with van der Waals surface area (Å²) in [4.78, 5) is 0. The Kier molecular flexibility index (Phi) is 2.00. The number of rotatable bonds is 1. The van der Waals surface area contributed by atoms with E-state index in [0.717, 1.165) is 16.9 Å². The molecule has 0 saturated heterocycles. The highest BCUT2D eigenvalue weighted by Crippen LogP contribution is 2.28. The van der Waals surface area contributed by atoms with E-state index in [1.54, 1.807) is 0 Å². The zero-order valence-electron chi connectivity index (χ0n) is 8.24. The molecule has 2 rings (SSSR count). The van der Waals surface area contributed by atoms with E-state index in [4.69, 9.17) is 10.3 Å². The van der Waals surface area contributed by atoms with Gasteiger partial charge in [0.25, 0.3) is 0 Å². The highest BCUT2D eigenvalue weighted by molar-refractivity contribution is 5.75. The molecular weight excluding hydrogens is 176 g/mol. The molecule has 1 aromatic heterocycles. The summed E-state index contributed by atoms with van der Waals surface area (Å²) >= 11 is 0. The maximum atomic E-state index is 5.71. The quantitative estimate of drug-likeness (QED) is 0.748. The van der Waals surface area contributed by atoms with Crippen molar-refractivity contribution < 1.29 is 4.52 Å². The highest BCUT2D eigenvalue weighted by atomic mass is 16.5. The highest BCUT2D eigenvalue weighted by Gasteiger charge is 2.11. The lowest BCUT2D eigenvalue weighted by Crippen LogP contribution is -1.88. The Hall–Kier alpha value is -1.77. The van der Waals surface area contributed by atoms with Crippen LogP contribution in [0.15, 0.2) is 28.8 Å². The molecule has 72 valence electrons. The van der Waals surface area contributed by atoms with Crippen LogP contribution in [0.25, 0.3) is 11.1 Å². The topological polar surface area (TPSA) is 52.0 Å². The average molecular weight is 188 g/mol. The van der Waals surface area contributed by atoms with Crippen molar-refractivity contribution in [3.8, 4) is 11.1 Å². The van der Waals surface area contributed by atoms with Crippen LogP contribution in [0, 0.1) is 13.8 Å². The van der Waals surface area contributed by atoms with Crippen LogP contribution in [-0.4, -0.2) is 5.16 Å². The van der Waals surface area contributed by atoms with Crippen LogP contribution in [0.3, 0.4) is 0 Å². The van der Waals surface area contributed by atoms with Gasteiger partial charge in [-0.05, 0) is 19.4 Å². The van der Waals surface area contributed by atoms with Gasteiger partial charge in [-0.2, -0.15) is 0 Å². The molecule has 1 heterocycles. The minimum atomic E-state index is 0.450. The van der Waals surface area contributed by atoms with Crippen LogP contribution >= 0.6 is 0 Å². The minimum absolute atomic E-state index is 0.450. The van der Waals surface area contributed by atoms with Crippen molar-refractivity contribution in [1.82, 2.24) is 5.16 Å². The fourth-order valence-electron chi connectivity index (χ4n) is 1.46. The molecule has 0 amide bonds. The van der Waals surface area contributed by atoms with Crippen molar-refractivity contribution in [3.05, 3.63) is 35.6 Å². The molecule has 0 aliphatic heterocycles. The number of aromatic nitrogens is 1. The van der Waals surface area contributed by atoms with Gasteiger partial charge in [-0.15, -0.1) is 0 Å². The maximum Gasteiger partial charge on any atom is 0.175 e. The van der Waals surface area contributed by atoms with E-state index in [-0.39, 0.29) is 0 Å². The summed E-state index contributed by atoms with van der Waals surface area (Å²) in [5.41, 5.74) is 8.87. The monoisotopic (exact) mass is 188 g/mol. The Bertz CT molecular complexity index is 423. The number of anilines is 1. The van der Waals surface area contributed by atoms with Gasteiger partial charge in [0.05, 0.1) is 5.56 Å². The number of hydrogen-bond acceptors (Lipinski definition) is 3. The third-order valence-electron chi connectivity index (χ3n) is 2.23. The van der Waals surface area contributed by atoms with Crippen LogP contribution in [-0.2, 0) is 0 Å². The Balaban J connectivity index is 2.54. The van der Waals surface area contributed by atoms with Crippen LogP contribution in [0.1, 0.15) is 11.3 Å². The number of nitrogen functional groups attached to an aromatic ring is 1. The molecular formula is C11H12N2O. The largest absolute Gasteiger partial charge is 0.380 e. The molecule has 0 saturated carbocycles. The molecule has 0 spiro atoms. The predicted octanol–water partition coefficient (Wildman–Crippen LogP) is 2.54. The molecule has 0 atom stereocenters. The van der Waals surface area contributed by atoms with Crippen molar-refractivity contribution >= 4 is 5.82 Å². The number of benzene rings is 1. The maximum absolute atomic E-state index is 5.71. The first-order chi connectivity index (χ1) is 6.68. The molecule has 0 aliphatic carbocycles. The van der Waals surface area contributed by atoms with Gasteiger partial charge in [0, 0.05) is 0 Å². The van der Waals surface area contributed by atoms with Gasteiger partial charge in [0.1, 0.15) is 5.76 Å². The van der Waals surface area contributed by atoms with Crippen LogP contribution in [0.5, 0.6) is 0 Å². The van der Waals surface area contributed by atoms with Gasteiger partial charge in [-0.3, -0.25) is 0 Å². The summed E-state index contributed by atoms with van der Waals surface area (Å²) < 4.78 is 5.00. The van der Waals surface area contributed by atoms with E-state index in [2.05, 4.69) is 5.16 Å². The molecule has 0 bridgehead atoms. The van der Waals surface area contributed by atoms with E-state index in [1.165, 1.54) is 5.56 Å². The minimum Gasteiger partial charge on any atom is -0.380 e. The SMILES string of the molecule is Cc1ccc(-c2c(N)noc2C)cc1. The first kappa shape index (κ1) is 8.81. The second-order valence-electron chi connectivity index (χ2n) is 3.37. The van der Waals surface area contributed by atoms with Crippen molar-refractivity contribution in [3.63, 3.8) is 0 Å². The molecule has 0 radical (unpaired) electrons. The van der Waals surface area contributed by atoms with Crippen molar-refractivity contribution in [1.29, 1.82) is 0 Å². The van der Waals surface area contributed by atoms with Gasteiger partial charge < -0.3 is 10.3 Å². The zero-order valence-corrected chi connectivity index (χ0v) is 8.24. The van der Waals surface area contributed by atoms with Gasteiger partial charge in [-0.25, -0.2) is 0 Å². The molecule has 2 aromatic rings. The third-order valence-corrected chi connectivity index (χ3v) is 2.23. The standard InChI is InChI=1S/C11H12N2O/c1-7-3-5-9(6-4-7)10-8(2)14-13-11(10)12/h3-6H,1-2H3,(H2,12,13). The fraction of sp³-hybridized carbons (Fsp3) is 0.182. The summed E-state index contributed by atoms with van der Waals surface area (Å²) in [6, 6.07) is 8.12. The van der Waals surface area contributed by atoms with Crippen LogP contribution in [0.4, 0.5) is 5.82 Å². The average Bonchev–Trinajstić information content (AvgIpc) is 2.49. The second-order valence-corrected chi connectivity index (χ2v) is 3.37. The molecule has 3 nitrogen and oxygen atoms in total. The number of nitrogens with zero attached hydrogens (tertiary/aromatic N) is 1. The zero-order chi connectivity index (χ0) is 10.1. The van der Waals surface area contributed by atoms with Crippen molar-refractivity contribution in [2.75, 3.05) is 5.73 Å². The number of nitrogens with two attached hydrogens (primary N) is 1. The number of hydrogen-bond donors (Lipinski definition) is 1. The van der Waals surface area contributed by atoms with Gasteiger partial charge in [-0.1, -0.05) is 35.0 Å². The van der Waals surface area contributed by atoms with E-state index < -0.39 is 0 Å². The van der Waals surface area contributed by atoms with Gasteiger partial charge >= 0.3 is 0 Å². The molecule has 0 fully saturated rings. The Morgan fingerprint density at radius 1 is 1.14 bits per heavy atom. The van der Waals surface area contributed by atoms with Gasteiger partial charge in [0.2, 0.25) is 0 Å². The Morgan fingerprint density at radius 2 is 1.79 bits per heavy atom. The second kappa shape index (κ2) is 3.18. The fourth-order valence-corrected chi connectivity index (χ4v) is 1.46. The summed E-state index contributed by atoms with van der Waals surface area (Å²) in [6.45, 7) is 3.91. The van der Waals surface area contributed by atoms with Crippen molar-refractivity contribution in [2.24, 2.45) is 0 Å².